The molecular formula is C23H30O3. The highest BCUT2D eigenvalue weighted by molar-refractivity contribution is 5.77. The molecule has 140 valence electrons. The van der Waals surface area contributed by atoms with Crippen molar-refractivity contribution in [3.05, 3.63) is 47.5 Å². The summed E-state index contributed by atoms with van der Waals surface area (Å²) in [4.78, 5) is 11.8. The standard InChI is InChI=1S/C23H30O3/c1-8-20(25)26-17-13-18(22(2,3)4)21(19(14-17)23(5,6)7)15-9-11-16(24)12-10-15/h9-14,24H,8H2,1-7H3. The molecule has 0 aliphatic carbocycles. The first-order valence-electron chi connectivity index (χ1n) is 9.12. The lowest BCUT2D eigenvalue weighted by molar-refractivity contribution is -0.134. The topological polar surface area (TPSA) is 46.5 Å². The van der Waals surface area contributed by atoms with Crippen LogP contribution in [0.3, 0.4) is 0 Å². The van der Waals surface area contributed by atoms with Crippen LogP contribution in [0.5, 0.6) is 11.5 Å². The lowest BCUT2D eigenvalue weighted by Gasteiger charge is -2.31. The highest BCUT2D eigenvalue weighted by Gasteiger charge is 2.28. The van der Waals surface area contributed by atoms with Gasteiger partial charge in [-0.25, -0.2) is 0 Å². The van der Waals surface area contributed by atoms with Gasteiger partial charge in [0.15, 0.2) is 0 Å². The van der Waals surface area contributed by atoms with Crippen LogP contribution in [-0.2, 0) is 15.6 Å². The van der Waals surface area contributed by atoms with Crippen molar-refractivity contribution in [3.63, 3.8) is 0 Å². The summed E-state index contributed by atoms with van der Waals surface area (Å²) < 4.78 is 5.57. The van der Waals surface area contributed by atoms with E-state index >= 15 is 0 Å². The molecule has 0 aliphatic heterocycles. The van der Waals surface area contributed by atoms with Crippen molar-refractivity contribution in [2.24, 2.45) is 0 Å². The molecule has 0 unspecified atom stereocenters. The summed E-state index contributed by atoms with van der Waals surface area (Å²) in [6.07, 6.45) is 0.343. The molecule has 0 amide bonds. The van der Waals surface area contributed by atoms with Crippen LogP contribution in [-0.4, -0.2) is 11.1 Å². The van der Waals surface area contributed by atoms with Crippen molar-refractivity contribution in [3.8, 4) is 22.6 Å². The fourth-order valence-corrected chi connectivity index (χ4v) is 3.00. The Morgan fingerprint density at radius 1 is 0.923 bits per heavy atom. The zero-order valence-electron chi connectivity index (χ0n) is 16.9. The summed E-state index contributed by atoms with van der Waals surface area (Å²) in [5.74, 6) is 0.605. The first-order chi connectivity index (χ1) is 11.9. The Kier molecular flexibility index (Phi) is 5.50. The summed E-state index contributed by atoms with van der Waals surface area (Å²) in [7, 11) is 0. The minimum absolute atomic E-state index is 0.137. The fourth-order valence-electron chi connectivity index (χ4n) is 3.00. The molecular weight excluding hydrogens is 324 g/mol. The molecule has 0 bridgehead atoms. The molecule has 0 atom stereocenters. The molecule has 0 heterocycles. The Labute approximate surface area is 157 Å². The van der Waals surface area contributed by atoms with E-state index in [1.165, 1.54) is 0 Å². The summed E-state index contributed by atoms with van der Waals surface area (Å²) in [5.41, 5.74) is 4.15. The van der Waals surface area contributed by atoms with Gasteiger partial charge < -0.3 is 9.84 Å². The van der Waals surface area contributed by atoms with E-state index < -0.39 is 0 Å². The average Bonchev–Trinajstić information content (AvgIpc) is 2.53. The summed E-state index contributed by atoms with van der Waals surface area (Å²) in [6.45, 7) is 14.7. The van der Waals surface area contributed by atoms with Gasteiger partial charge in [-0.05, 0) is 57.3 Å². The molecule has 0 aliphatic rings. The molecule has 0 radical (unpaired) electrons. The second-order valence-corrected chi connectivity index (χ2v) is 8.77. The van der Waals surface area contributed by atoms with Crippen LogP contribution >= 0.6 is 0 Å². The number of carbonyl (C=O) groups excluding carboxylic acids is 1. The highest BCUT2D eigenvalue weighted by atomic mass is 16.5. The maximum absolute atomic E-state index is 11.8. The number of carbonyl (C=O) groups is 1. The Balaban J connectivity index is 2.82. The third-order valence-corrected chi connectivity index (χ3v) is 4.40. The molecule has 2 rings (SSSR count). The Hall–Kier alpha value is -2.29. The smallest absolute Gasteiger partial charge is 0.310 e. The van der Waals surface area contributed by atoms with Gasteiger partial charge in [0.05, 0.1) is 0 Å². The van der Waals surface area contributed by atoms with Gasteiger partial charge in [0.2, 0.25) is 0 Å². The normalized spacial score (nSPS) is 12.1. The van der Waals surface area contributed by atoms with E-state index in [0.29, 0.717) is 12.2 Å². The highest BCUT2D eigenvalue weighted by Crippen LogP contribution is 2.43. The molecule has 0 spiro atoms. The summed E-state index contributed by atoms with van der Waals surface area (Å²) >= 11 is 0. The third-order valence-electron chi connectivity index (χ3n) is 4.40. The van der Waals surface area contributed by atoms with Crippen LogP contribution in [0.4, 0.5) is 0 Å². The second-order valence-electron chi connectivity index (χ2n) is 8.77. The minimum Gasteiger partial charge on any atom is -0.508 e. The van der Waals surface area contributed by atoms with Crippen molar-refractivity contribution in [2.75, 3.05) is 0 Å². The van der Waals surface area contributed by atoms with E-state index in [2.05, 4.69) is 41.5 Å². The van der Waals surface area contributed by atoms with Crippen molar-refractivity contribution >= 4 is 5.97 Å². The maximum Gasteiger partial charge on any atom is 0.310 e. The first kappa shape index (κ1) is 20.0. The molecule has 2 aromatic rings. The molecule has 0 fully saturated rings. The van der Waals surface area contributed by atoms with E-state index in [9.17, 15) is 9.90 Å². The van der Waals surface area contributed by atoms with Crippen molar-refractivity contribution in [2.45, 2.75) is 65.7 Å². The quantitative estimate of drug-likeness (QED) is 0.545. The van der Waals surface area contributed by atoms with Gasteiger partial charge in [-0.2, -0.15) is 0 Å². The van der Waals surface area contributed by atoms with Crippen LogP contribution in [0, 0.1) is 0 Å². The monoisotopic (exact) mass is 354 g/mol. The van der Waals surface area contributed by atoms with Crippen LogP contribution in [0.2, 0.25) is 0 Å². The van der Waals surface area contributed by atoms with Crippen LogP contribution in [0.1, 0.15) is 66.0 Å². The average molecular weight is 354 g/mol. The number of aromatic hydroxyl groups is 1. The van der Waals surface area contributed by atoms with Crippen molar-refractivity contribution < 1.29 is 14.6 Å². The van der Waals surface area contributed by atoms with Crippen LogP contribution in [0.15, 0.2) is 36.4 Å². The number of rotatable bonds is 3. The number of benzene rings is 2. The van der Waals surface area contributed by atoms with Gasteiger partial charge in [-0.15, -0.1) is 0 Å². The Morgan fingerprint density at radius 3 is 1.77 bits per heavy atom. The van der Waals surface area contributed by atoms with E-state index in [0.717, 1.165) is 22.3 Å². The van der Waals surface area contributed by atoms with E-state index in [1.807, 2.05) is 24.3 Å². The predicted molar refractivity (Wildman–Crippen MR) is 107 cm³/mol. The van der Waals surface area contributed by atoms with Crippen LogP contribution < -0.4 is 4.74 Å². The number of hydrogen-bond donors (Lipinski definition) is 1. The molecule has 26 heavy (non-hydrogen) atoms. The Morgan fingerprint density at radius 2 is 1.38 bits per heavy atom. The van der Waals surface area contributed by atoms with Gasteiger partial charge in [0.25, 0.3) is 0 Å². The summed E-state index contributed by atoms with van der Waals surface area (Å²) in [5, 5.41) is 9.67. The zero-order valence-corrected chi connectivity index (χ0v) is 16.9. The summed E-state index contributed by atoms with van der Waals surface area (Å²) in [6, 6.07) is 11.2. The maximum atomic E-state index is 11.8. The van der Waals surface area contributed by atoms with Crippen molar-refractivity contribution in [1.82, 2.24) is 0 Å². The molecule has 0 saturated heterocycles. The largest absolute Gasteiger partial charge is 0.508 e. The molecule has 3 heteroatoms. The fraction of sp³-hybridized carbons (Fsp3) is 0.435. The van der Waals surface area contributed by atoms with Gasteiger partial charge in [0.1, 0.15) is 11.5 Å². The molecule has 0 saturated carbocycles. The zero-order chi connectivity index (χ0) is 19.7. The van der Waals surface area contributed by atoms with E-state index in [1.54, 1.807) is 19.1 Å². The van der Waals surface area contributed by atoms with E-state index in [-0.39, 0.29) is 22.5 Å². The molecule has 1 N–H and O–H groups in total. The predicted octanol–water partition coefficient (Wildman–Crippen LogP) is 5.97. The molecule has 3 nitrogen and oxygen atoms in total. The number of esters is 1. The van der Waals surface area contributed by atoms with Gasteiger partial charge in [-0.1, -0.05) is 60.6 Å². The number of ether oxygens (including phenoxy) is 1. The lowest BCUT2D eigenvalue weighted by atomic mass is 9.74. The lowest BCUT2D eigenvalue weighted by Crippen LogP contribution is -2.20. The van der Waals surface area contributed by atoms with Crippen molar-refractivity contribution in [1.29, 1.82) is 0 Å². The van der Waals surface area contributed by atoms with Gasteiger partial charge in [-0.3, -0.25) is 4.79 Å². The van der Waals surface area contributed by atoms with Gasteiger partial charge >= 0.3 is 5.97 Å². The molecule has 0 aromatic heterocycles. The number of phenolic OH excluding ortho intramolecular Hbond substituents is 1. The first-order valence-corrected chi connectivity index (χ1v) is 9.12. The third kappa shape index (κ3) is 4.46. The minimum atomic E-state index is -0.234. The van der Waals surface area contributed by atoms with Gasteiger partial charge in [0, 0.05) is 6.42 Å². The van der Waals surface area contributed by atoms with Crippen LogP contribution in [0.25, 0.3) is 11.1 Å². The number of hydrogen-bond acceptors (Lipinski definition) is 3. The second kappa shape index (κ2) is 7.14. The SMILES string of the molecule is CCC(=O)Oc1cc(C(C)(C)C)c(-c2ccc(O)cc2)c(C(C)(C)C)c1. The number of phenols is 1. The Bertz CT molecular complexity index is 753. The molecule has 2 aromatic carbocycles. The van der Waals surface area contributed by atoms with E-state index in [4.69, 9.17) is 4.74 Å².